The number of aromatic hydroxyl groups is 1. The van der Waals surface area contributed by atoms with Crippen LogP contribution in [0, 0.1) is 10.1 Å². The number of carbonyl (C=O) groups excluding carboxylic acids is 1. The zero-order valence-electron chi connectivity index (χ0n) is 11.0. The fourth-order valence-electron chi connectivity index (χ4n) is 1.87. The third kappa shape index (κ3) is 2.72. The van der Waals surface area contributed by atoms with Crippen molar-refractivity contribution >= 4 is 38.3 Å². The molecule has 22 heavy (non-hydrogen) atoms. The van der Waals surface area contributed by atoms with E-state index in [1.807, 2.05) is 0 Å². The molecule has 0 bridgehead atoms. The minimum atomic E-state index is -0.526. The van der Waals surface area contributed by atoms with E-state index < -0.39 is 10.8 Å². The average Bonchev–Trinajstić information content (AvgIpc) is 2.88. The molecule has 2 N–H and O–H groups in total. The van der Waals surface area contributed by atoms with E-state index in [0.717, 1.165) is 4.70 Å². The van der Waals surface area contributed by atoms with Crippen LogP contribution in [-0.2, 0) is 0 Å². The molecule has 8 heteroatoms. The Morgan fingerprint density at radius 1 is 1.23 bits per heavy atom. The third-order valence-corrected chi connectivity index (χ3v) is 3.87. The molecular weight excluding hydrogens is 306 g/mol. The SMILES string of the molecule is O=C(Nc1nc2ccc(O)cc2s1)c1ccc([N+](=O)[O-])cc1. The van der Waals surface area contributed by atoms with Crippen LogP contribution in [0.2, 0.25) is 0 Å². The number of anilines is 1. The van der Waals surface area contributed by atoms with Gasteiger partial charge in [0.25, 0.3) is 11.6 Å². The summed E-state index contributed by atoms with van der Waals surface area (Å²) in [6, 6.07) is 10.0. The molecule has 0 saturated heterocycles. The molecule has 0 atom stereocenters. The van der Waals surface area contributed by atoms with Crippen molar-refractivity contribution in [2.45, 2.75) is 0 Å². The highest BCUT2D eigenvalue weighted by atomic mass is 32.1. The number of non-ortho nitro benzene ring substituents is 1. The van der Waals surface area contributed by atoms with Gasteiger partial charge in [0.2, 0.25) is 0 Å². The first-order chi connectivity index (χ1) is 10.5. The van der Waals surface area contributed by atoms with Gasteiger partial charge in [-0.1, -0.05) is 11.3 Å². The van der Waals surface area contributed by atoms with Gasteiger partial charge in [-0.3, -0.25) is 20.2 Å². The van der Waals surface area contributed by atoms with Crippen LogP contribution in [0.5, 0.6) is 5.75 Å². The number of nitrogens with one attached hydrogen (secondary N) is 1. The molecule has 0 fully saturated rings. The van der Waals surface area contributed by atoms with Gasteiger partial charge in [0.15, 0.2) is 5.13 Å². The lowest BCUT2D eigenvalue weighted by Gasteiger charge is -2.00. The number of amides is 1. The van der Waals surface area contributed by atoms with E-state index >= 15 is 0 Å². The summed E-state index contributed by atoms with van der Waals surface area (Å²) in [5, 5.41) is 23.0. The van der Waals surface area contributed by atoms with Crippen molar-refractivity contribution in [2.24, 2.45) is 0 Å². The van der Waals surface area contributed by atoms with Crippen molar-refractivity contribution in [3.05, 3.63) is 58.1 Å². The second kappa shape index (κ2) is 5.41. The molecule has 0 unspecified atom stereocenters. The first-order valence-electron chi connectivity index (χ1n) is 6.18. The summed E-state index contributed by atoms with van der Waals surface area (Å²) < 4.78 is 0.749. The number of phenols is 1. The van der Waals surface area contributed by atoms with Gasteiger partial charge < -0.3 is 5.11 Å². The van der Waals surface area contributed by atoms with Crippen molar-refractivity contribution in [2.75, 3.05) is 5.32 Å². The largest absolute Gasteiger partial charge is 0.508 e. The van der Waals surface area contributed by atoms with Crippen LogP contribution >= 0.6 is 11.3 Å². The molecule has 0 spiro atoms. The number of rotatable bonds is 3. The highest BCUT2D eigenvalue weighted by Crippen LogP contribution is 2.29. The Kier molecular flexibility index (Phi) is 3.43. The normalized spacial score (nSPS) is 10.5. The number of benzene rings is 2. The summed E-state index contributed by atoms with van der Waals surface area (Å²) in [5.41, 5.74) is 0.890. The fourth-order valence-corrected chi connectivity index (χ4v) is 2.76. The van der Waals surface area contributed by atoms with Gasteiger partial charge in [0, 0.05) is 17.7 Å². The topological polar surface area (TPSA) is 105 Å². The molecule has 2 aromatic carbocycles. The fraction of sp³-hybridized carbons (Fsp3) is 0. The number of carbonyl (C=O) groups is 1. The molecular formula is C14H9N3O4S. The molecule has 110 valence electrons. The number of thiazole rings is 1. The lowest BCUT2D eigenvalue weighted by atomic mass is 10.2. The second-order valence-corrected chi connectivity index (χ2v) is 5.46. The monoisotopic (exact) mass is 315 g/mol. The molecule has 7 nitrogen and oxygen atoms in total. The van der Waals surface area contributed by atoms with Crippen LogP contribution in [0.15, 0.2) is 42.5 Å². The van der Waals surface area contributed by atoms with Gasteiger partial charge in [-0.05, 0) is 30.3 Å². The van der Waals surface area contributed by atoms with Gasteiger partial charge in [-0.25, -0.2) is 4.98 Å². The Morgan fingerprint density at radius 3 is 2.64 bits per heavy atom. The Morgan fingerprint density at radius 2 is 1.95 bits per heavy atom. The number of nitro benzene ring substituents is 1. The van der Waals surface area contributed by atoms with E-state index in [1.54, 1.807) is 12.1 Å². The lowest BCUT2D eigenvalue weighted by Crippen LogP contribution is -2.11. The molecule has 3 aromatic rings. The summed E-state index contributed by atoms with van der Waals surface area (Å²) in [4.78, 5) is 26.4. The third-order valence-electron chi connectivity index (χ3n) is 2.93. The smallest absolute Gasteiger partial charge is 0.269 e. The molecule has 0 aliphatic carbocycles. The van der Waals surface area contributed by atoms with Crippen LogP contribution in [0.25, 0.3) is 10.2 Å². The van der Waals surface area contributed by atoms with Crippen molar-refractivity contribution in [1.82, 2.24) is 4.98 Å². The number of hydrogen-bond donors (Lipinski definition) is 2. The first-order valence-corrected chi connectivity index (χ1v) is 7.00. The molecule has 1 amide bonds. The van der Waals surface area contributed by atoms with Gasteiger partial charge in [-0.15, -0.1) is 0 Å². The van der Waals surface area contributed by atoms with E-state index in [-0.39, 0.29) is 11.4 Å². The standard InChI is InChI=1S/C14H9N3O4S/c18-10-5-6-11-12(7-10)22-14(15-11)16-13(19)8-1-3-9(4-2-8)17(20)21/h1-7,18H,(H,15,16,19). The van der Waals surface area contributed by atoms with Crippen LogP contribution in [0.1, 0.15) is 10.4 Å². The first kappa shape index (κ1) is 14.0. The number of hydrogen-bond acceptors (Lipinski definition) is 6. The van der Waals surface area contributed by atoms with Crippen molar-refractivity contribution in [1.29, 1.82) is 0 Å². The molecule has 0 aliphatic heterocycles. The Balaban J connectivity index is 1.81. The molecule has 1 heterocycles. The number of phenolic OH excluding ortho intramolecular Hbond substituents is 1. The quantitative estimate of drug-likeness (QED) is 0.570. The van der Waals surface area contributed by atoms with Gasteiger partial charge in [0.1, 0.15) is 5.75 Å². The average molecular weight is 315 g/mol. The predicted molar refractivity (Wildman–Crippen MR) is 82.3 cm³/mol. The summed E-state index contributed by atoms with van der Waals surface area (Å²) in [6.07, 6.45) is 0. The van der Waals surface area contributed by atoms with E-state index in [9.17, 15) is 20.0 Å². The highest BCUT2D eigenvalue weighted by Gasteiger charge is 2.12. The molecule has 3 rings (SSSR count). The van der Waals surface area contributed by atoms with Crippen molar-refractivity contribution in [3.63, 3.8) is 0 Å². The summed E-state index contributed by atoms with van der Waals surface area (Å²) in [5.74, 6) is -0.275. The van der Waals surface area contributed by atoms with Gasteiger partial charge in [-0.2, -0.15) is 0 Å². The van der Waals surface area contributed by atoms with Gasteiger partial charge >= 0.3 is 0 Å². The number of fused-ring (bicyclic) bond motifs is 1. The zero-order chi connectivity index (χ0) is 15.7. The van der Waals surface area contributed by atoms with E-state index in [2.05, 4.69) is 10.3 Å². The Labute approximate surface area is 128 Å². The maximum absolute atomic E-state index is 12.1. The maximum atomic E-state index is 12.1. The highest BCUT2D eigenvalue weighted by molar-refractivity contribution is 7.22. The molecule has 0 aliphatic rings. The maximum Gasteiger partial charge on any atom is 0.269 e. The molecule has 0 saturated carbocycles. The van der Waals surface area contributed by atoms with Crippen LogP contribution in [0.4, 0.5) is 10.8 Å². The molecule has 0 radical (unpaired) electrons. The van der Waals surface area contributed by atoms with E-state index in [4.69, 9.17) is 0 Å². The van der Waals surface area contributed by atoms with E-state index in [0.29, 0.717) is 16.2 Å². The van der Waals surface area contributed by atoms with Crippen molar-refractivity contribution in [3.8, 4) is 5.75 Å². The lowest BCUT2D eigenvalue weighted by molar-refractivity contribution is -0.384. The summed E-state index contributed by atoms with van der Waals surface area (Å²) in [7, 11) is 0. The minimum absolute atomic E-state index is 0.0768. The van der Waals surface area contributed by atoms with Gasteiger partial charge in [0.05, 0.1) is 15.1 Å². The second-order valence-electron chi connectivity index (χ2n) is 4.43. The van der Waals surface area contributed by atoms with E-state index in [1.165, 1.54) is 41.7 Å². The number of nitrogens with zero attached hydrogens (tertiary/aromatic N) is 2. The number of aromatic nitrogens is 1. The summed E-state index contributed by atoms with van der Waals surface area (Å²) >= 11 is 1.23. The zero-order valence-corrected chi connectivity index (χ0v) is 11.8. The minimum Gasteiger partial charge on any atom is -0.508 e. The number of nitro groups is 1. The predicted octanol–water partition coefficient (Wildman–Crippen LogP) is 3.16. The summed E-state index contributed by atoms with van der Waals surface area (Å²) in [6.45, 7) is 0. The molecule has 1 aromatic heterocycles. The van der Waals surface area contributed by atoms with Crippen LogP contribution < -0.4 is 5.32 Å². The Bertz CT molecular complexity index is 873. The van der Waals surface area contributed by atoms with Crippen LogP contribution in [0.3, 0.4) is 0 Å². The Hall–Kier alpha value is -3.00. The van der Waals surface area contributed by atoms with Crippen LogP contribution in [-0.4, -0.2) is 20.9 Å². The van der Waals surface area contributed by atoms with Crippen molar-refractivity contribution < 1.29 is 14.8 Å².